The number of fused-ring (bicyclic) bond motifs is 2. The minimum absolute atomic E-state index is 0.132. The number of allylic oxidation sites excluding steroid dienone is 2. The Morgan fingerprint density at radius 3 is 2.51 bits per heavy atom. The van der Waals surface area contributed by atoms with Crippen LogP contribution in [0, 0.1) is 46.3 Å². The SMILES string of the molecule is COc1ccccc1C(=O)N1O[C@]23C=C[C@]14C[C@@H](O)CC[C@]4(C)[C@H]2CC[C@]1(C)[C@@H]([C@H](C)/C=C/[C@H](C)C(C)C)CC[C@H]13. The van der Waals surface area contributed by atoms with Gasteiger partial charge in [0.25, 0.3) is 5.91 Å². The Morgan fingerprint density at radius 1 is 1.02 bits per heavy atom. The first-order valence-electron chi connectivity index (χ1n) is 16.2. The number of nitrogens with zero attached hydrogens (tertiary/aromatic N) is 1. The highest BCUT2D eigenvalue weighted by Crippen LogP contribution is 2.73. The molecule has 5 nitrogen and oxygen atoms in total. The minimum Gasteiger partial charge on any atom is -0.496 e. The molecule has 1 N–H and O–H groups in total. The van der Waals surface area contributed by atoms with Crippen LogP contribution in [0.15, 0.2) is 48.6 Å². The second kappa shape index (κ2) is 9.98. The molecule has 7 rings (SSSR count). The molecule has 0 radical (unpaired) electrons. The van der Waals surface area contributed by atoms with E-state index in [-0.39, 0.29) is 16.7 Å². The van der Waals surface area contributed by atoms with Crippen LogP contribution in [0.1, 0.15) is 96.8 Å². The molecule has 4 aliphatic carbocycles. The van der Waals surface area contributed by atoms with Crippen LogP contribution in [-0.2, 0) is 4.84 Å². The monoisotopic (exact) mass is 561 g/mol. The Labute approximate surface area is 247 Å². The van der Waals surface area contributed by atoms with Crippen molar-refractivity contribution < 1.29 is 19.5 Å². The van der Waals surface area contributed by atoms with E-state index in [1.54, 1.807) is 12.2 Å². The number of hydrogen-bond donors (Lipinski definition) is 1. The van der Waals surface area contributed by atoms with Gasteiger partial charge in [-0.3, -0.25) is 9.63 Å². The van der Waals surface area contributed by atoms with Crippen molar-refractivity contribution >= 4 is 5.91 Å². The molecular formula is C36H51NO4. The molecule has 0 unspecified atom stereocenters. The largest absolute Gasteiger partial charge is 0.496 e. The lowest BCUT2D eigenvalue weighted by Crippen LogP contribution is -2.79. The molecule has 6 aliphatic rings. The van der Waals surface area contributed by atoms with E-state index in [1.165, 1.54) is 12.8 Å². The van der Waals surface area contributed by atoms with Crippen LogP contribution in [0.4, 0.5) is 0 Å². The topological polar surface area (TPSA) is 59.0 Å². The van der Waals surface area contributed by atoms with Crippen LogP contribution in [0.25, 0.3) is 0 Å². The first kappa shape index (κ1) is 29.0. The molecule has 224 valence electrons. The molecule has 2 aliphatic heterocycles. The van der Waals surface area contributed by atoms with Gasteiger partial charge < -0.3 is 9.84 Å². The number of aliphatic hydroxyl groups is 1. The van der Waals surface area contributed by atoms with Crippen LogP contribution in [0.2, 0.25) is 0 Å². The van der Waals surface area contributed by atoms with Crippen molar-refractivity contribution in [2.45, 2.75) is 104 Å². The second-order valence-corrected chi connectivity index (χ2v) is 15.0. The van der Waals surface area contributed by atoms with E-state index < -0.39 is 17.2 Å². The van der Waals surface area contributed by atoms with Gasteiger partial charge in [-0.25, -0.2) is 5.06 Å². The first-order valence-corrected chi connectivity index (χ1v) is 16.2. The zero-order valence-corrected chi connectivity index (χ0v) is 26.2. The van der Waals surface area contributed by atoms with E-state index in [9.17, 15) is 9.90 Å². The Hall–Kier alpha value is -2.11. The van der Waals surface area contributed by atoms with Gasteiger partial charge in [0.15, 0.2) is 0 Å². The summed E-state index contributed by atoms with van der Waals surface area (Å²) in [5, 5.41) is 12.7. The summed E-state index contributed by atoms with van der Waals surface area (Å²) in [4.78, 5) is 21.7. The Morgan fingerprint density at radius 2 is 1.78 bits per heavy atom. The van der Waals surface area contributed by atoms with Crippen molar-refractivity contribution in [3.8, 4) is 5.75 Å². The van der Waals surface area contributed by atoms with E-state index in [0.29, 0.717) is 53.2 Å². The predicted octanol–water partition coefficient (Wildman–Crippen LogP) is 7.61. The maximum absolute atomic E-state index is 14.5. The quantitative estimate of drug-likeness (QED) is 0.363. The number of rotatable bonds is 6. The van der Waals surface area contributed by atoms with Crippen molar-refractivity contribution in [3.63, 3.8) is 0 Å². The first-order chi connectivity index (χ1) is 19.4. The fourth-order valence-corrected chi connectivity index (χ4v) is 10.2. The maximum Gasteiger partial charge on any atom is 0.282 e. The van der Waals surface area contributed by atoms with E-state index in [2.05, 4.69) is 65.8 Å². The molecule has 2 spiro atoms. The number of methoxy groups -OCH3 is 1. The lowest BCUT2D eigenvalue weighted by molar-refractivity contribution is -0.380. The van der Waals surface area contributed by atoms with Crippen molar-refractivity contribution in [3.05, 3.63) is 54.1 Å². The number of carbonyl (C=O) groups is 1. The lowest BCUT2D eigenvalue weighted by Gasteiger charge is -2.73. The third-order valence-corrected chi connectivity index (χ3v) is 12.9. The van der Waals surface area contributed by atoms with Gasteiger partial charge in [-0.15, -0.1) is 0 Å². The maximum atomic E-state index is 14.5. The summed E-state index contributed by atoms with van der Waals surface area (Å²) in [6.45, 7) is 14.2. The van der Waals surface area contributed by atoms with Gasteiger partial charge in [0.2, 0.25) is 0 Å². The average Bonchev–Trinajstić information content (AvgIpc) is 3.33. The molecule has 5 heteroatoms. The third-order valence-electron chi connectivity index (χ3n) is 12.9. The fourth-order valence-electron chi connectivity index (χ4n) is 10.2. The number of para-hydroxylation sites is 1. The Bertz CT molecular complexity index is 1240. The van der Waals surface area contributed by atoms with Crippen molar-refractivity contribution in [1.82, 2.24) is 5.06 Å². The molecule has 10 atom stereocenters. The molecule has 1 aromatic carbocycles. The Kier molecular flexibility index (Phi) is 7.05. The summed E-state index contributed by atoms with van der Waals surface area (Å²) in [5.74, 6) is 3.35. The predicted molar refractivity (Wildman–Crippen MR) is 162 cm³/mol. The van der Waals surface area contributed by atoms with Gasteiger partial charge in [-0.05, 0) is 79.7 Å². The van der Waals surface area contributed by atoms with E-state index >= 15 is 0 Å². The van der Waals surface area contributed by atoms with Gasteiger partial charge in [0.05, 0.1) is 24.3 Å². The molecule has 3 saturated carbocycles. The molecule has 1 aromatic rings. The summed E-state index contributed by atoms with van der Waals surface area (Å²) in [5.41, 5.74) is -0.723. The van der Waals surface area contributed by atoms with Crippen molar-refractivity contribution in [1.29, 1.82) is 0 Å². The molecule has 1 saturated heterocycles. The zero-order chi connectivity index (χ0) is 29.4. The molecule has 4 fully saturated rings. The smallest absolute Gasteiger partial charge is 0.282 e. The lowest BCUT2D eigenvalue weighted by atomic mass is 9.41. The van der Waals surface area contributed by atoms with Gasteiger partial charge >= 0.3 is 0 Å². The molecule has 41 heavy (non-hydrogen) atoms. The van der Waals surface area contributed by atoms with Gasteiger partial charge in [-0.2, -0.15) is 0 Å². The summed E-state index contributed by atoms with van der Waals surface area (Å²) in [6.07, 6.45) is 15.9. The zero-order valence-electron chi connectivity index (χ0n) is 26.2. The van der Waals surface area contributed by atoms with Crippen LogP contribution in [-0.4, -0.2) is 40.4 Å². The standard InChI is InChI=1S/C36H51NO4/c1-23(2)24(3)12-13-25(4)28-14-15-30-33(28,5)18-17-31-34(6)19-16-26(38)22-35(34)20-21-36(30,31)41-37(35)32(39)27-10-8-9-11-29(27)40-7/h8-13,20-21,23-26,28,30-31,38H,14-19,22H2,1-7H3/b13-12+/t24-,25+,26-,28+,30+,31+,33+,34+,35+,36-/m0/s1. The number of benzene rings is 1. The minimum atomic E-state index is -0.677. The number of amides is 1. The number of ether oxygens (including phenoxy) is 1. The third kappa shape index (κ3) is 3.97. The second-order valence-electron chi connectivity index (χ2n) is 15.0. The highest BCUT2D eigenvalue weighted by molar-refractivity contribution is 5.97. The number of carbonyl (C=O) groups excluding carboxylic acids is 1. The van der Waals surface area contributed by atoms with Gasteiger partial charge in [0.1, 0.15) is 11.4 Å². The van der Waals surface area contributed by atoms with Crippen LogP contribution in [0.5, 0.6) is 5.75 Å². The van der Waals surface area contributed by atoms with Gasteiger partial charge in [-0.1, -0.05) is 78.0 Å². The summed E-state index contributed by atoms with van der Waals surface area (Å²) >= 11 is 0. The van der Waals surface area contributed by atoms with Crippen molar-refractivity contribution in [2.75, 3.05) is 7.11 Å². The van der Waals surface area contributed by atoms with Crippen LogP contribution >= 0.6 is 0 Å². The average molecular weight is 562 g/mol. The molecule has 0 aromatic heterocycles. The molecule has 2 bridgehead atoms. The summed E-state index contributed by atoms with van der Waals surface area (Å²) < 4.78 is 5.63. The highest BCUT2D eigenvalue weighted by Gasteiger charge is 2.76. The summed E-state index contributed by atoms with van der Waals surface area (Å²) in [7, 11) is 1.61. The van der Waals surface area contributed by atoms with E-state index in [1.807, 2.05) is 24.3 Å². The van der Waals surface area contributed by atoms with Gasteiger partial charge in [0, 0.05) is 23.7 Å². The number of aliphatic hydroxyl groups excluding tert-OH is 1. The number of hydroxylamine groups is 2. The summed E-state index contributed by atoms with van der Waals surface area (Å²) in [6, 6.07) is 7.45. The molecular weight excluding hydrogens is 510 g/mol. The normalized spacial score (nSPS) is 42.6. The highest BCUT2D eigenvalue weighted by atomic mass is 16.7. The fraction of sp³-hybridized carbons (Fsp3) is 0.694. The Balaban J connectivity index is 1.41. The van der Waals surface area contributed by atoms with E-state index in [4.69, 9.17) is 9.57 Å². The molecule has 2 heterocycles. The number of hydrogen-bond acceptors (Lipinski definition) is 4. The van der Waals surface area contributed by atoms with Crippen LogP contribution < -0.4 is 4.74 Å². The molecule has 1 amide bonds. The van der Waals surface area contributed by atoms with E-state index in [0.717, 1.165) is 25.7 Å². The van der Waals surface area contributed by atoms with Crippen LogP contribution in [0.3, 0.4) is 0 Å². The van der Waals surface area contributed by atoms with Crippen molar-refractivity contribution in [2.24, 2.45) is 46.3 Å².